The van der Waals surface area contributed by atoms with Crippen LogP contribution in [0.4, 0.5) is 0 Å². The second-order valence-corrected chi connectivity index (χ2v) is 4.61. The summed E-state index contributed by atoms with van der Waals surface area (Å²) in [6.45, 7) is 1.53. The number of hydrogen-bond acceptors (Lipinski definition) is 2. The molecule has 0 bridgehead atoms. The predicted octanol–water partition coefficient (Wildman–Crippen LogP) is 3.73. The Bertz CT molecular complexity index is 398. The average Bonchev–Trinajstić information content (AvgIpc) is 2.48. The highest BCUT2D eigenvalue weighted by atomic mass is 16.6. The highest BCUT2D eigenvalue weighted by Crippen LogP contribution is 2.04. The van der Waals surface area contributed by atoms with Gasteiger partial charge in [-0.25, -0.2) is 5.48 Å². The van der Waals surface area contributed by atoms with Gasteiger partial charge in [0.05, 0.1) is 6.61 Å². The molecule has 0 amide bonds. The lowest BCUT2D eigenvalue weighted by Crippen LogP contribution is -2.15. The quantitative estimate of drug-likeness (QED) is 0.573. The molecule has 2 aromatic rings. The van der Waals surface area contributed by atoms with Crippen LogP contribution < -0.4 is 5.48 Å². The first kappa shape index (κ1) is 13.8. The van der Waals surface area contributed by atoms with Gasteiger partial charge in [0.25, 0.3) is 0 Å². The largest absolute Gasteiger partial charge is 0.297 e. The van der Waals surface area contributed by atoms with Crippen LogP contribution in [0.25, 0.3) is 0 Å². The fraction of sp³-hybridized carbons (Fsp3) is 0.294. The fourth-order valence-corrected chi connectivity index (χ4v) is 1.95. The first-order valence-electron chi connectivity index (χ1n) is 6.87. The van der Waals surface area contributed by atoms with Crippen molar-refractivity contribution in [3.05, 3.63) is 71.8 Å². The number of benzene rings is 2. The number of hydroxylamine groups is 1. The number of unbranched alkanes of at least 4 members (excludes halogenated alkanes) is 1. The molecule has 0 saturated heterocycles. The molecule has 2 nitrogen and oxygen atoms in total. The van der Waals surface area contributed by atoms with Gasteiger partial charge < -0.3 is 0 Å². The van der Waals surface area contributed by atoms with Crippen LogP contribution in [-0.4, -0.2) is 6.54 Å². The number of aryl methyl sites for hydroxylation is 1. The Hall–Kier alpha value is -1.64. The molecule has 0 atom stereocenters. The van der Waals surface area contributed by atoms with Crippen LogP contribution in [0, 0.1) is 0 Å². The highest BCUT2D eigenvalue weighted by molar-refractivity contribution is 5.14. The summed E-state index contributed by atoms with van der Waals surface area (Å²) in [5.74, 6) is 0. The van der Waals surface area contributed by atoms with E-state index in [4.69, 9.17) is 4.84 Å². The third-order valence-corrected chi connectivity index (χ3v) is 3.02. The van der Waals surface area contributed by atoms with Gasteiger partial charge in [0.15, 0.2) is 0 Å². The Kier molecular flexibility index (Phi) is 6.14. The molecule has 0 heterocycles. The molecule has 0 aliphatic heterocycles. The van der Waals surface area contributed by atoms with Gasteiger partial charge in [0.1, 0.15) is 0 Å². The summed E-state index contributed by atoms with van der Waals surface area (Å²) < 4.78 is 0. The van der Waals surface area contributed by atoms with Crippen molar-refractivity contribution in [3.63, 3.8) is 0 Å². The zero-order valence-electron chi connectivity index (χ0n) is 11.2. The molecule has 2 heteroatoms. The minimum atomic E-state index is 0.625. The summed E-state index contributed by atoms with van der Waals surface area (Å²) in [5.41, 5.74) is 5.62. The minimum Gasteiger partial charge on any atom is -0.297 e. The monoisotopic (exact) mass is 255 g/mol. The highest BCUT2D eigenvalue weighted by Gasteiger charge is 1.94. The van der Waals surface area contributed by atoms with Gasteiger partial charge in [-0.2, -0.15) is 0 Å². The van der Waals surface area contributed by atoms with Crippen LogP contribution in [-0.2, 0) is 17.9 Å². The van der Waals surface area contributed by atoms with Crippen molar-refractivity contribution >= 4 is 0 Å². The lowest BCUT2D eigenvalue weighted by Gasteiger charge is -2.06. The smallest absolute Gasteiger partial charge is 0.0933 e. The maximum atomic E-state index is 5.42. The molecule has 19 heavy (non-hydrogen) atoms. The Balaban J connectivity index is 1.49. The molecule has 0 aliphatic carbocycles. The van der Waals surface area contributed by atoms with E-state index in [1.54, 1.807) is 0 Å². The predicted molar refractivity (Wildman–Crippen MR) is 78.6 cm³/mol. The van der Waals surface area contributed by atoms with E-state index in [-0.39, 0.29) is 0 Å². The molecular formula is C17H21NO. The van der Waals surface area contributed by atoms with E-state index >= 15 is 0 Å². The maximum absolute atomic E-state index is 5.42. The third kappa shape index (κ3) is 5.69. The molecule has 0 aliphatic rings. The van der Waals surface area contributed by atoms with E-state index in [2.05, 4.69) is 47.9 Å². The summed E-state index contributed by atoms with van der Waals surface area (Å²) >= 11 is 0. The van der Waals surface area contributed by atoms with Gasteiger partial charge in [0, 0.05) is 6.54 Å². The summed E-state index contributed by atoms with van der Waals surface area (Å²) in [6, 6.07) is 20.8. The second-order valence-electron chi connectivity index (χ2n) is 4.61. The Morgan fingerprint density at radius 2 is 1.37 bits per heavy atom. The Morgan fingerprint density at radius 3 is 2.05 bits per heavy atom. The lowest BCUT2D eigenvalue weighted by atomic mass is 10.1. The van der Waals surface area contributed by atoms with Crippen molar-refractivity contribution in [3.8, 4) is 0 Å². The van der Waals surface area contributed by atoms with Gasteiger partial charge in [-0.1, -0.05) is 60.7 Å². The molecule has 0 radical (unpaired) electrons. The van der Waals surface area contributed by atoms with Gasteiger partial charge in [0.2, 0.25) is 0 Å². The van der Waals surface area contributed by atoms with E-state index in [9.17, 15) is 0 Å². The number of hydrogen-bond donors (Lipinski definition) is 1. The molecule has 2 rings (SSSR count). The van der Waals surface area contributed by atoms with Gasteiger partial charge >= 0.3 is 0 Å². The third-order valence-electron chi connectivity index (χ3n) is 3.02. The van der Waals surface area contributed by atoms with Crippen molar-refractivity contribution in [2.75, 3.05) is 6.54 Å². The zero-order chi connectivity index (χ0) is 13.2. The lowest BCUT2D eigenvalue weighted by molar-refractivity contribution is 0.0273. The minimum absolute atomic E-state index is 0.625. The molecule has 1 N–H and O–H groups in total. The summed E-state index contributed by atoms with van der Waals surface area (Å²) in [7, 11) is 0. The number of nitrogens with one attached hydrogen (secondary N) is 1. The fourth-order valence-electron chi connectivity index (χ4n) is 1.95. The van der Waals surface area contributed by atoms with Crippen LogP contribution in [0.2, 0.25) is 0 Å². The summed E-state index contributed by atoms with van der Waals surface area (Å²) in [6.07, 6.45) is 3.45. The molecule has 100 valence electrons. The Labute approximate surface area is 115 Å². The van der Waals surface area contributed by atoms with E-state index in [1.807, 2.05) is 18.2 Å². The van der Waals surface area contributed by atoms with Gasteiger partial charge in [-0.15, -0.1) is 0 Å². The molecule has 0 spiro atoms. The zero-order valence-corrected chi connectivity index (χ0v) is 11.2. The van der Waals surface area contributed by atoms with E-state index in [1.165, 1.54) is 17.5 Å². The maximum Gasteiger partial charge on any atom is 0.0933 e. The van der Waals surface area contributed by atoms with E-state index in [0.29, 0.717) is 6.61 Å². The van der Waals surface area contributed by atoms with Crippen LogP contribution in [0.1, 0.15) is 24.0 Å². The normalized spacial score (nSPS) is 10.5. The van der Waals surface area contributed by atoms with Gasteiger partial charge in [-0.3, -0.25) is 4.84 Å². The van der Waals surface area contributed by atoms with Crippen LogP contribution >= 0.6 is 0 Å². The van der Waals surface area contributed by atoms with Crippen molar-refractivity contribution in [1.82, 2.24) is 5.48 Å². The standard InChI is InChI=1S/C17H21NO/c1-3-9-16(10-4-1)11-7-8-14-18-19-15-17-12-5-2-6-13-17/h1-6,9-10,12-13,18H,7-8,11,14-15H2. The van der Waals surface area contributed by atoms with Gasteiger partial charge in [-0.05, 0) is 30.4 Å². The van der Waals surface area contributed by atoms with E-state index in [0.717, 1.165) is 19.4 Å². The first-order valence-corrected chi connectivity index (χ1v) is 6.87. The topological polar surface area (TPSA) is 21.3 Å². The summed E-state index contributed by atoms with van der Waals surface area (Å²) in [4.78, 5) is 5.42. The van der Waals surface area contributed by atoms with E-state index < -0.39 is 0 Å². The Morgan fingerprint density at radius 1 is 0.737 bits per heavy atom. The molecule has 0 saturated carbocycles. The van der Waals surface area contributed by atoms with Crippen LogP contribution in [0.5, 0.6) is 0 Å². The summed E-state index contributed by atoms with van der Waals surface area (Å²) in [5, 5.41) is 0. The molecule has 0 fully saturated rings. The van der Waals surface area contributed by atoms with Crippen molar-refractivity contribution in [2.45, 2.75) is 25.9 Å². The number of rotatable bonds is 8. The van der Waals surface area contributed by atoms with Crippen molar-refractivity contribution in [1.29, 1.82) is 0 Å². The van der Waals surface area contributed by atoms with Crippen LogP contribution in [0.15, 0.2) is 60.7 Å². The van der Waals surface area contributed by atoms with Crippen molar-refractivity contribution in [2.24, 2.45) is 0 Å². The van der Waals surface area contributed by atoms with Crippen molar-refractivity contribution < 1.29 is 4.84 Å². The average molecular weight is 255 g/mol. The SMILES string of the molecule is c1ccc(CCCCNOCc2ccccc2)cc1. The van der Waals surface area contributed by atoms with Crippen LogP contribution in [0.3, 0.4) is 0 Å². The first-order chi connectivity index (χ1) is 9.45. The second kappa shape index (κ2) is 8.46. The molecule has 0 unspecified atom stereocenters. The molecule has 0 aromatic heterocycles. The molecular weight excluding hydrogens is 234 g/mol. The molecule has 2 aromatic carbocycles.